The number of anilines is 2. The Labute approximate surface area is 277 Å². The maximum absolute atomic E-state index is 2.46. The molecule has 1 aliphatic rings. The Balaban J connectivity index is 1.03. The summed E-state index contributed by atoms with van der Waals surface area (Å²) in [5.41, 5.74) is 12.6. The van der Waals surface area contributed by atoms with Gasteiger partial charge in [0.05, 0.1) is 11.0 Å². The number of benzene rings is 7. The SMILES string of the molecule is c1cc(-c2ccc(-c3ccc4sc5ccccc5c4c3)cc2)cc(-n2c3ccccc3c3cc(N4CCc5ccccc54)ccc32)c1. The second kappa shape index (κ2) is 10.4. The van der Waals surface area contributed by atoms with Crippen LogP contribution in [-0.2, 0) is 6.42 Å². The van der Waals surface area contributed by atoms with Crippen molar-refractivity contribution in [2.24, 2.45) is 0 Å². The highest BCUT2D eigenvalue weighted by molar-refractivity contribution is 7.25. The van der Waals surface area contributed by atoms with Crippen LogP contribution in [0.3, 0.4) is 0 Å². The smallest absolute Gasteiger partial charge is 0.0542 e. The molecule has 3 heterocycles. The molecule has 1 aliphatic heterocycles. The maximum Gasteiger partial charge on any atom is 0.0542 e. The van der Waals surface area contributed by atoms with Gasteiger partial charge in [0.1, 0.15) is 0 Å². The molecule has 10 rings (SSSR count). The van der Waals surface area contributed by atoms with E-state index in [2.05, 4.69) is 167 Å². The number of rotatable bonds is 4. The zero-order valence-corrected chi connectivity index (χ0v) is 26.5. The first-order valence-corrected chi connectivity index (χ1v) is 17.1. The molecule has 0 saturated heterocycles. The first-order valence-electron chi connectivity index (χ1n) is 16.3. The molecule has 0 N–H and O–H groups in total. The van der Waals surface area contributed by atoms with Gasteiger partial charge < -0.3 is 9.47 Å². The van der Waals surface area contributed by atoms with Crippen LogP contribution in [0, 0.1) is 0 Å². The molecule has 0 aliphatic carbocycles. The molecule has 2 aromatic heterocycles. The minimum atomic E-state index is 1.02. The van der Waals surface area contributed by atoms with Crippen LogP contribution in [0.5, 0.6) is 0 Å². The van der Waals surface area contributed by atoms with Crippen LogP contribution in [0.2, 0.25) is 0 Å². The number of hydrogen-bond acceptors (Lipinski definition) is 2. The molecular formula is C44H30N2S. The van der Waals surface area contributed by atoms with Crippen LogP contribution in [0.4, 0.5) is 11.4 Å². The Morgan fingerprint density at radius 2 is 1.13 bits per heavy atom. The molecule has 3 heteroatoms. The zero-order valence-electron chi connectivity index (χ0n) is 25.7. The van der Waals surface area contributed by atoms with Crippen LogP contribution in [-0.4, -0.2) is 11.1 Å². The largest absolute Gasteiger partial charge is 0.341 e. The summed E-state index contributed by atoms with van der Waals surface area (Å²) in [4.78, 5) is 2.46. The van der Waals surface area contributed by atoms with E-state index in [1.165, 1.54) is 86.9 Å². The molecule has 47 heavy (non-hydrogen) atoms. The van der Waals surface area contributed by atoms with Crippen LogP contribution in [0.1, 0.15) is 5.56 Å². The van der Waals surface area contributed by atoms with E-state index in [4.69, 9.17) is 0 Å². The topological polar surface area (TPSA) is 8.17 Å². The molecular weight excluding hydrogens is 589 g/mol. The van der Waals surface area contributed by atoms with E-state index in [1.54, 1.807) is 0 Å². The van der Waals surface area contributed by atoms with Gasteiger partial charge in [0.15, 0.2) is 0 Å². The third kappa shape index (κ3) is 4.24. The van der Waals surface area contributed by atoms with Gasteiger partial charge in [-0.25, -0.2) is 0 Å². The normalized spacial score (nSPS) is 12.9. The van der Waals surface area contributed by atoms with Gasteiger partial charge in [0.25, 0.3) is 0 Å². The Kier molecular flexibility index (Phi) is 5.91. The summed E-state index contributed by atoms with van der Waals surface area (Å²) in [5, 5.41) is 5.24. The molecule has 0 unspecified atom stereocenters. The van der Waals surface area contributed by atoms with Gasteiger partial charge in [-0.2, -0.15) is 0 Å². The van der Waals surface area contributed by atoms with E-state index in [9.17, 15) is 0 Å². The second-order valence-corrected chi connectivity index (χ2v) is 13.6. The Morgan fingerprint density at radius 1 is 0.426 bits per heavy atom. The zero-order chi connectivity index (χ0) is 30.9. The maximum atomic E-state index is 2.46. The van der Waals surface area contributed by atoms with Crippen molar-refractivity contribution in [3.8, 4) is 27.9 Å². The predicted molar refractivity (Wildman–Crippen MR) is 202 cm³/mol. The lowest BCUT2D eigenvalue weighted by molar-refractivity contribution is 0.999. The van der Waals surface area contributed by atoms with Crippen molar-refractivity contribution in [2.75, 3.05) is 11.4 Å². The molecule has 0 radical (unpaired) electrons. The van der Waals surface area contributed by atoms with Gasteiger partial charge in [-0.1, -0.05) is 97.1 Å². The summed E-state index contributed by atoms with van der Waals surface area (Å²) >= 11 is 1.87. The minimum absolute atomic E-state index is 1.02. The fourth-order valence-electron chi connectivity index (χ4n) is 7.60. The molecule has 0 saturated carbocycles. The quantitative estimate of drug-likeness (QED) is 0.190. The fourth-order valence-corrected chi connectivity index (χ4v) is 8.69. The standard InChI is InChI=1S/C44H30N2S/c1-4-13-40-31(8-1)24-25-45(40)34-21-22-42-38(28-34)36-11-2-5-14-41(36)46(42)35-10-7-9-32(26-35)29-16-18-30(19-17-29)33-20-23-44-39(27-33)37-12-3-6-15-43(37)47-44/h1-23,26-28H,24-25H2. The molecule has 222 valence electrons. The average Bonchev–Trinajstić information content (AvgIpc) is 3.83. The summed E-state index contributed by atoms with van der Waals surface area (Å²) in [6.07, 6.45) is 1.09. The highest BCUT2D eigenvalue weighted by Gasteiger charge is 2.21. The number of nitrogens with zero attached hydrogens (tertiary/aromatic N) is 2. The summed E-state index contributed by atoms with van der Waals surface area (Å²) < 4.78 is 5.10. The first-order chi connectivity index (χ1) is 23.3. The number of para-hydroxylation sites is 2. The van der Waals surface area contributed by atoms with Crippen molar-refractivity contribution < 1.29 is 0 Å². The lowest BCUT2D eigenvalue weighted by atomic mass is 9.99. The number of fused-ring (bicyclic) bond motifs is 7. The molecule has 0 spiro atoms. The predicted octanol–water partition coefficient (Wildman–Crippen LogP) is 12.2. The lowest BCUT2D eigenvalue weighted by Crippen LogP contribution is -2.12. The average molecular weight is 619 g/mol. The highest BCUT2D eigenvalue weighted by Crippen LogP contribution is 2.40. The Hall–Kier alpha value is -5.64. The van der Waals surface area contributed by atoms with Gasteiger partial charge in [0.2, 0.25) is 0 Å². The molecule has 0 amide bonds. The number of hydrogen-bond donors (Lipinski definition) is 0. The molecule has 7 aromatic carbocycles. The van der Waals surface area contributed by atoms with Crippen LogP contribution in [0.25, 0.3) is 69.9 Å². The Morgan fingerprint density at radius 3 is 2.02 bits per heavy atom. The second-order valence-electron chi connectivity index (χ2n) is 12.5. The van der Waals surface area contributed by atoms with Crippen molar-refractivity contribution in [1.29, 1.82) is 0 Å². The first kappa shape index (κ1) is 26.6. The van der Waals surface area contributed by atoms with E-state index in [-0.39, 0.29) is 0 Å². The van der Waals surface area contributed by atoms with Crippen molar-refractivity contribution in [3.05, 3.63) is 163 Å². The minimum Gasteiger partial charge on any atom is -0.341 e. The monoisotopic (exact) mass is 618 g/mol. The summed E-state index contributed by atoms with van der Waals surface area (Å²) in [7, 11) is 0. The van der Waals surface area contributed by atoms with E-state index < -0.39 is 0 Å². The number of aromatic nitrogens is 1. The van der Waals surface area contributed by atoms with E-state index in [1.807, 2.05) is 11.3 Å². The summed E-state index contributed by atoms with van der Waals surface area (Å²) in [6.45, 7) is 1.02. The van der Waals surface area contributed by atoms with Crippen molar-refractivity contribution in [1.82, 2.24) is 4.57 Å². The van der Waals surface area contributed by atoms with Crippen LogP contribution in [0.15, 0.2) is 158 Å². The van der Waals surface area contributed by atoms with Crippen molar-refractivity contribution in [3.63, 3.8) is 0 Å². The lowest BCUT2D eigenvalue weighted by Gasteiger charge is -2.20. The van der Waals surface area contributed by atoms with Gasteiger partial charge >= 0.3 is 0 Å². The Bertz CT molecular complexity index is 2640. The van der Waals surface area contributed by atoms with Crippen LogP contribution < -0.4 is 4.90 Å². The number of thiophene rings is 1. The summed E-state index contributed by atoms with van der Waals surface area (Å²) in [6, 6.07) is 58.2. The fraction of sp³-hybridized carbons (Fsp3) is 0.0455. The van der Waals surface area contributed by atoms with Crippen molar-refractivity contribution in [2.45, 2.75) is 6.42 Å². The third-order valence-electron chi connectivity index (χ3n) is 9.89. The van der Waals surface area contributed by atoms with Crippen molar-refractivity contribution >= 4 is 64.7 Å². The van der Waals surface area contributed by atoms with Crippen LogP contribution >= 0.6 is 11.3 Å². The molecule has 2 nitrogen and oxygen atoms in total. The highest BCUT2D eigenvalue weighted by atomic mass is 32.1. The molecule has 0 bridgehead atoms. The van der Waals surface area contributed by atoms with E-state index in [0.29, 0.717) is 0 Å². The van der Waals surface area contributed by atoms with E-state index in [0.717, 1.165) is 13.0 Å². The van der Waals surface area contributed by atoms with Gasteiger partial charge in [-0.3, -0.25) is 0 Å². The van der Waals surface area contributed by atoms with E-state index >= 15 is 0 Å². The third-order valence-corrected chi connectivity index (χ3v) is 11.0. The summed E-state index contributed by atoms with van der Waals surface area (Å²) in [5.74, 6) is 0. The van der Waals surface area contributed by atoms with Gasteiger partial charge in [0, 0.05) is 54.6 Å². The molecule has 9 aromatic rings. The van der Waals surface area contributed by atoms with Gasteiger partial charge in [-0.05, 0) is 94.9 Å². The van der Waals surface area contributed by atoms with Gasteiger partial charge in [-0.15, -0.1) is 11.3 Å². The molecule has 0 fully saturated rings. The molecule has 0 atom stereocenters.